The van der Waals surface area contributed by atoms with Gasteiger partial charge in [0.25, 0.3) is 0 Å². The number of rotatable bonds is 0. The highest BCUT2D eigenvalue weighted by Gasteiger charge is 2.30. The van der Waals surface area contributed by atoms with Crippen LogP contribution in [0.2, 0.25) is 0 Å². The van der Waals surface area contributed by atoms with E-state index in [9.17, 15) is 4.79 Å². The van der Waals surface area contributed by atoms with Crippen molar-refractivity contribution >= 4 is 5.91 Å². The fourth-order valence-corrected chi connectivity index (χ4v) is 0.981. The summed E-state index contributed by atoms with van der Waals surface area (Å²) in [5, 5.41) is 5.93. The van der Waals surface area contributed by atoms with Crippen LogP contribution in [0.25, 0.3) is 0 Å². The Kier molecular flexibility index (Phi) is 1.68. The molecule has 10 heavy (non-hydrogen) atoms. The van der Waals surface area contributed by atoms with Crippen molar-refractivity contribution in [2.24, 2.45) is 5.41 Å². The topological polar surface area (TPSA) is 41.1 Å². The van der Waals surface area contributed by atoms with Gasteiger partial charge in [0.05, 0.1) is 12.7 Å². The molecule has 0 bridgehead atoms. The molecule has 1 atom stereocenters. The van der Waals surface area contributed by atoms with Crippen LogP contribution < -0.4 is 10.6 Å². The molecule has 3 heteroatoms. The molecule has 0 unspecified atom stereocenters. The number of nitrogens with one attached hydrogen (secondary N) is 2. The highest BCUT2D eigenvalue weighted by Crippen LogP contribution is 2.18. The van der Waals surface area contributed by atoms with E-state index in [0.717, 1.165) is 0 Å². The second-order valence-electron chi connectivity index (χ2n) is 3.75. The molecule has 1 heterocycles. The predicted octanol–water partition coefficient (Wildman–Crippen LogP) is 0.0780. The van der Waals surface area contributed by atoms with Crippen molar-refractivity contribution in [3.05, 3.63) is 0 Å². The average Bonchev–Trinajstić information content (AvgIpc) is 2.11. The Hall–Kier alpha value is -0.570. The summed E-state index contributed by atoms with van der Waals surface area (Å²) in [6, 6.07) is 0. The molecule has 1 saturated heterocycles. The van der Waals surface area contributed by atoms with Crippen LogP contribution in [0.1, 0.15) is 20.8 Å². The van der Waals surface area contributed by atoms with Crippen molar-refractivity contribution in [1.82, 2.24) is 10.6 Å². The molecule has 0 aromatic carbocycles. The van der Waals surface area contributed by atoms with Gasteiger partial charge in [-0.3, -0.25) is 10.1 Å². The fraction of sp³-hybridized carbons (Fsp3) is 0.857. The zero-order valence-electron chi connectivity index (χ0n) is 6.69. The van der Waals surface area contributed by atoms with E-state index >= 15 is 0 Å². The van der Waals surface area contributed by atoms with E-state index in [0.29, 0.717) is 6.54 Å². The molecule has 1 fully saturated rings. The molecule has 0 spiro atoms. The zero-order chi connectivity index (χ0) is 7.78. The lowest BCUT2D eigenvalue weighted by atomic mass is 9.93. The summed E-state index contributed by atoms with van der Waals surface area (Å²) in [5.74, 6) is 0.0972. The van der Waals surface area contributed by atoms with Crippen LogP contribution in [0.15, 0.2) is 0 Å². The second-order valence-corrected chi connectivity index (χ2v) is 3.75. The smallest absolute Gasteiger partial charge is 0.235 e. The highest BCUT2D eigenvalue weighted by atomic mass is 16.2. The van der Waals surface area contributed by atoms with Crippen molar-refractivity contribution in [3.8, 4) is 0 Å². The van der Waals surface area contributed by atoms with E-state index in [1.165, 1.54) is 0 Å². The van der Waals surface area contributed by atoms with Gasteiger partial charge < -0.3 is 5.32 Å². The Morgan fingerprint density at radius 1 is 1.50 bits per heavy atom. The predicted molar refractivity (Wildman–Crippen MR) is 39.4 cm³/mol. The van der Waals surface area contributed by atoms with Crippen molar-refractivity contribution in [1.29, 1.82) is 0 Å². The fourth-order valence-electron chi connectivity index (χ4n) is 0.981. The van der Waals surface area contributed by atoms with Gasteiger partial charge in [0.15, 0.2) is 0 Å². The SMILES string of the molecule is CC(C)(C)[C@H]1NCC(=O)N1. The first-order valence-electron chi connectivity index (χ1n) is 3.53. The van der Waals surface area contributed by atoms with Gasteiger partial charge >= 0.3 is 0 Å². The quantitative estimate of drug-likeness (QED) is 0.503. The Morgan fingerprint density at radius 3 is 2.30 bits per heavy atom. The lowest BCUT2D eigenvalue weighted by Crippen LogP contribution is -2.43. The minimum atomic E-state index is 0.0972. The first kappa shape index (κ1) is 7.54. The summed E-state index contributed by atoms with van der Waals surface area (Å²) in [7, 11) is 0. The molecule has 0 saturated carbocycles. The number of carbonyl (C=O) groups is 1. The number of hydrogen-bond acceptors (Lipinski definition) is 2. The van der Waals surface area contributed by atoms with E-state index in [1.54, 1.807) is 0 Å². The maximum absolute atomic E-state index is 10.7. The van der Waals surface area contributed by atoms with Gasteiger partial charge in [-0.05, 0) is 5.41 Å². The molecular formula is C7H14N2O. The van der Waals surface area contributed by atoms with Crippen molar-refractivity contribution < 1.29 is 4.79 Å². The van der Waals surface area contributed by atoms with Gasteiger partial charge in [-0.2, -0.15) is 0 Å². The molecule has 0 aromatic rings. The van der Waals surface area contributed by atoms with Gasteiger partial charge in [-0.15, -0.1) is 0 Å². The minimum absolute atomic E-state index is 0.0972. The van der Waals surface area contributed by atoms with E-state index in [1.807, 2.05) is 0 Å². The zero-order valence-corrected chi connectivity index (χ0v) is 6.69. The van der Waals surface area contributed by atoms with Crippen molar-refractivity contribution in [2.45, 2.75) is 26.9 Å². The average molecular weight is 142 g/mol. The molecular weight excluding hydrogens is 128 g/mol. The van der Waals surface area contributed by atoms with Gasteiger partial charge in [0.2, 0.25) is 5.91 Å². The molecule has 1 aliphatic rings. The van der Waals surface area contributed by atoms with E-state index in [2.05, 4.69) is 31.4 Å². The lowest BCUT2D eigenvalue weighted by molar-refractivity contribution is -0.118. The second kappa shape index (κ2) is 2.23. The molecule has 0 aliphatic carbocycles. The summed E-state index contributed by atoms with van der Waals surface area (Å²) in [5.41, 5.74) is 0.117. The number of carbonyl (C=O) groups excluding carboxylic acids is 1. The summed E-state index contributed by atoms with van der Waals surface area (Å²) >= 11 is 0. The van der Waals surface area contributed by atoms with Gasteiger partial charge in [0.1, 0.15) is 0 Å². The third kappa shape index (κ3) is 1.48. The standard InChI is InChI=1S/C7H14N2O/c1-7(2,3)6-8-4-5(10)9-6/h6,8H,4H2,1-3H3,(H,9,10)/t6-/m0/s1. The first-order chi connectivity index (χ1) is 4.50. The monoisotopic (exact) mass is 142 g/mol. The van der Waals surface area contributed by atoms with Gasteiger partial charge in [-0.25, -0.2) is 0 Å². The third-order valence-corrected chi connectivity index (χ3v) is 1.64. The van der Waals surface area contributed by atoms with E-state index in [-0.39, 0.29) is 17.5 Å². The van der Waals surface area contributed by atoms with E-state index in [4.69, 9.17) is 0 Å². The summed E-state index contributed by atoms with van der Waals surface area (Å²) in [4.78, 5) is 10.7. The molecule has 1 aliphatic heterocycles. The summed E-state index contributed by atoms with van der Waals surface area (Å²) in [6.07, 6.45) is 0.139. The van der Waals surface area contributed by atoms with Crippen molar-refractivity contribution in [3.63, 3.8) is 0 Å². The molecule has 2 N–H and O–H groups in total. The van der Waals surface area contributed by atoms with Crippen LogP contribution in [-0.4, -0.2) is 18.6 Å². The molecule has 0 radical (unpaired) electrons. The van der Waals surface area contributed by atoms with Gasteiger partial charge in [0, 0.05) is 0 Å². The Labute approximate surface area is 61.2 Å². The first-order valence-corrected chi connectivity index (χ1v) is 3.53. The molecule has 1 rings (SSSR count). The van der Waals surface area contributed by atoms with Crippen LogP contribution >= 0.6 is 0 Å². The van der Waals surface area contributed by atoms with Crippen LogP contribution in [0.5, 0.6) is 0 Å². The van der Waals surface area contributed by atoms with Crippen molar-refractivity contribution in [2.75, 3.05) is 6.54 Å². The lowest BCUT2D eigenvalue weighted by Gasteiger charge is -2.26. The van der Waals surface area contributed by atoms with E-state index < -0.39 is 0 Å². The van der Waals surface area contributed by atoms with Crippen LogP contribution in [0.4, 0.5) is 0 Å². The number of amides is 1. The Morgan fingerprint density at radius 2 is 2.10 bits per heavy atom. The molecule has 3 nitrogen and oxygen atoms in total. The number of hydrogen-bond donors (Lipinski definition) is 2. The van der Waals surface area contributed by atoms with Crippen LogP contribution in [0, 0.1) is 5.41 Å². The van der Waals surface area contributed by atoms with Crippen LogP contribution in [0.3, 0.4) is 0 Å². The third-order valence-electron chi connectivity index (χ3n) is 1.64. The normalized spacial score (nSPS) is 26.7. The highest BCUT2D eigenvalue weighted by molar-refractivity contribution is 5.80. The van der Waals surface area contributed by atoms with Crippen LogP contribution in [-0.2, 0) is 4.79 Å². The Balaban J connectivity index is 2.53. The molecule has 58 valence electrons. The van der Waals surface area contributed by atoms with Gasteiger partial charge in [-0.1, -0.05) is 20.8 Å². The minimum Gasteiger partial charge on any atom is -0.339 e. The Bertz CT molecular complexity index is 148. The summed E-state index contributed by atoms with van der Waals surface area (Å²) < 4.78 is 0. The maximum Gasteiger partial charge on any atom is 0.235 e. The molecule has 0 aromatic heterocycles. The molecule has 1 amide bonds. The summed E-state index contributed by atoms with van der Waals surface area (Å²) in [6.45, 7) is 6.74. The maximum atomic E-state index is 10.7. The largest absolute Gasteiger partial charge is 0.339 e.